The second-order valence-electron chi connectivity index (χ2n) is 4.92. The maximum absolute atomic E-state index is 11.8. The van der Waals surface area contributed by atoms with Crippen molar-refractivity contribution in [2.75, 3.05) is 12.4 Å². The fraction of sp³-hybridized carbons (Fsp3) is 0.500. The Morgan fingerprint density at radius 3 is 2.68 bits per heavy atom. The molecule has 1 aliphatic heterocycles. The molecular formula is C14H20N2O2S. The summed E-state index contributed by atoms with van der Waals surface area (Å²) in [6, 6.07) is 9.32. The third-order valence-electron chi connectivity index (χ3n) is 3.56. The highest BCUT2D eigenvalue weighted by molar-refractivity contribution is 8.00. The number of carbonyl (C=O) groups is 1. The van der Waals surface area contributed by atoms with Crippen molar-refractivity contribution in [2.24, 2.45) is 11.5 Å². The summed E-state index contributed by atoms with van der Waals surface area (Å²) in [6.07, 6.45) is 1.20. The van der Waals surface area contributed by atoms with E-state index in [1.165, 1.54) is 0 Å². The predicted octanol–water partition coefficient (Wildman–Crippen LogP) is 1.24. The molecule has 3 unspecified atom stereocenters. The van der Waals surface area contributed by atoms with Crippen LogP contribution in [0.25, 0.3) is 0 Å². The summed E-state index contributed by atoms with van der Waals surface area (Å²) < 4.78 is 5.52. The number of amides is 1. The maximum atomic E-state index is 11.8. The Labute approximate surface area is 117 Å². The van der Waals surface area contributed by atoms with Gasteiger partial charge in [-0.2, -0.15) is 11.8 Å². The summed E-state index contributed by atoms with van der Waals surface area (Å²) in [4.78, 5) is 11.8. The fourth-order valence-electron chi connectivity index (χ4n) is 2.20. The van der Waals surface area contributed by atoms with Crippen molar-refractivity contribution >= 4 is 17.7 Å². The smallest absolute Gasteiger partial charge is 0.242 e. The molecule has 5 heteroatoms. The summed E-state index contributed by atoms with van der Waals surface area (Å²) in [5, 5.41) is 0.381. The Hall–Kier alpha value is -1.04. The van der Waals surface area contributed by atoms with Gasteiger partial charge in [-0.1, -0.05) is 30.3 Å². The highest BCUT2D eigenvalue weighted by atomic mass is 32.2. The van der Waals surface area contributed by atoms with Crippen LogP contribution in [0.15, 0.2) is 30.3 Å². The number of primary amides is 1. The van der Waals surface area contributed by atoms with Gasteiger partial charge in [-0.25, -0.2) is 0 Å². The normalized spacial score (nSPS) is 26.0. The molecule has 1 saturated heterocycles. The van der Waals surface area contributed by atoms with E-state index in [0.29, 0.717) is 11.0 Å². The largest absolute Gasteiger partial charge is 0.377 e. The minimum atomic E-state index is -1.12. The molecule has 0 radical (unpaired) electrons. The van der Waals surface area contributed by atoms with Gasteiger partial charge < -0.3 is 16.2 Å². The molecule has 4 N–H and O–H groups in total. The minimum absolute atomic E-state index is 0.206. The zero-order valence-corrected chi connectivity index (χ0v) is 11.9. The van der Waals surface area contributed by atoms with Gasteiger partial charge in [-0.15, -0.1) is 0 Å². The van der Waals surface area contributed by atoms with E-state index in [4.69, 9.17) is 16.2 Å². The van der Waals surface area contributed by atoms with Crippen molar-refractivity contribution in [3.05, 3.63) is 35.9 Å². The van der Waals surface area contributed by atoms with E-state index in [9.17, 15) is 4.79 Å². The average molecular weight is 280 g/mol. The first-order valence-corrected chi connectivity index (χ1v) is 7.46. The molecule has 0 bridgehead atoms. The molecule has 3 atom stereocenters. The van der Waals surface area contributed by atoms with E-state index in [1.54, 1.807) is 11.8 Å². The summed E-state index contributed by atoms with van der Waals surface area (Å²) in [7, 11) is 0. The quantitative estimate of drug-likeness (QED) is 0.850. The Morgan fingerprint density at radius 2 is 2.16 bits per heavy atom. The molecule has 1 aromatic rings. The molecule has 0 aromatic heterocycles. The Morgan fingerprint density at radius 1 is 1.47 bits per heavy atom. The number of nitrogens with two attached hydrogens (primary N) is 2. The molecule has 0 saturated carbocycles. The molecule has 4 nitrogen and oxygen atoms in total. The molecule has 0 spiro atoms. The number of rotatable bonds is 5. The summed E-state index contributed by atoms with van der Waals surface area (Å²) in [5.74, 6) is -0.0113. The number of hydrogen-bond acceptors (Lipinski definition) is 4. The minimum Gasteiger partial charge on any atom is -0.377 e. The van der Waals surface area contributed by atoms with E-state index < -0.39 is 11.4 Å². The van der Waals surface area contributed by atoms with E-state index in [0.717, 1.165) is 18.6 Å². The monoisotopic (exact) mass is 280 g/mol. The third-order valence-corrected chi connectivity index (χ3v) is 5.23. The lowest BCUT2D eigenvalue weighted by molar-refractivity contribution is -0.122. The second kappa shape index (κ2) is 5.94. The second-order valence-corrected chi connectivity index (χ2v) is 6.14. The van der Waals surface area contributed by atoms with Gasteiger partial charge in [0.15, 0.2) is 0 Å². The van der Waals surface area contributed by atoms with Crippen LogP contribution in [-0.4, -0.2) is 29.6 Å². The van der Waals surface area contributed by atoms with Crippen molar-refractivity contribution in [1.29, 1.82) is 0 Å². The number of carbonyl (C=O) groups excluding carboxylic acids is 1. The van der Waals surface area contributed by atoms with E-state index in [-0.39, 0.29) is 6.10 Å². The van der Waals surface area contributed by atoms with Crippen LogP contribution in [0.4, 0.5) is 0 Å². The van der Waals surface area contributed by atoms with Crippen LogP contribution in [0.3, 0.4) is 0 Å². The Kier molecular flexibility index (Phi) is 4.50. The number of benzene rings is 1. The third kappa shape index (κ3) is 3.11. The van der Waals surface area contributed by atoms with Gasteiger partial charge in [0.2, 0.25) is 5.91 Å². The van der Waals surface area contributed by atoms with Gasteiger partial charge in [0, 0.05) is 17.6 Å². The van der Waals surface area contributed by atoms with Crippen LogP contribution in [-0.2, 0) is 15.1 Å². The van der Waals surface area contributed by atoms with Gasteiger partial charge in [-0.3, -0.25) is 4.79 Å². The lowest BCUT2D eigenvalue weighted by atomic mass is 9.92. The van der Waals surface area contributed by atoms with Crippen molar-refractivity contribution < 1.29 is 9.53 Å². The van der Waals surface area contributed by atoms with Crippen LogP contribution in [0.1, 0.15) is 18.9 Å². The SMILES string of the molecule is CC1OCCC1SCC(N)(C(N)=O)c1ccccc1. The molecule has 1 amide bonds. The molecule has 19 heavy (non-hydrogen) atoms. The molecule has 104 valence electrons. The van der Waals surface area contributed by atoms with Gasteiger partial charge in [0.1, 0.15) is 5.54 Å². The highest BCUT2D eigenvalue weighted by Gasteiger charge is 2.36. The average Bonchev–Trinajstić information content (AvgIpc) is 2.82. The first-order valence-electron chi connectivity index (χ1n) is 6.41. The van der Waals surface area contributed by atoms with Gasteiger partial charge in [0.25, 0.3) is 0 Å². The van der Waals surface area contributed by atoms with Crippen LogP contribution >= 0.6 is 11.8 Å². The molecule has 1 fully saturated rings. The summed E-state index contributed by atoms with van der Waals surface area (Å²) >= 11 is 1.67. The Balaban J connectivity index is 2.10. The first-order chi connectivity index (χ1) is 9.04. The lowest BCUT2D eigenvalue weighted by Gasteiger charge is -2.28. The topological polar surface area (TPSA) is 78.3 Å². The van der Waals surface area contributed by atoms with Gasteiger partial charge in [0.05, 0.1) is 6.10 Å². The zero-order valence-electron chi connectivity index (χ0n) is 11.0. The number of ether oxygens (including phenoxy) is 1. The van der Waals surface area contributed by atoms with Crippen LogP contribution in [0.5, 0.6) is 0 Å². The molecular weight excluding hydrogens is 260 g/mol. The fourth-order valence-corrected chi connectivity index (χ4v) is 3.60. The lowest BCUT2D eigenvalue weighted by Crippen LogP contribution is -2.51. The van der Waals surface area contributed by atoms with Crippen molar-refractivity contribution in [2.45, 2.75) is 30.2 Å². The summed E-state index contributed by atoms with van der Waals surface area (Å²) in [5.41, 5.74) is 11.4. The molecule has 1 aromatic carbocycles. The maximum Gasteiger partial charge on any atom is 0.242 e. The van der Waals surface area contributed by atoms with E-state index >= 15 is 0 Å². The van der Waals surface area contributed by atoms with E-state index in [1.807, 2.05) is 30.3 Å². The van der Waals surface area contributed by atoms with Crippen molar-refractivity contribution in [1.82, 2.24) is 0 Å². The van der Waals surface area contributed by atoms with Crippen LogP contribution < -0.4 is 11.5 Å². The van der Waals surface area contributed by atoms with Crippen LogP contribution in [0, 0.1) is 0 Å². The molecule has 1 aliphatic rings. The number of hydrogen-bond donors (Lipinski definition) is 2. The van der Waals surface area contributed by atoms with Crippen molar-refractivity contribution in [3.8, 4) is 0 Å². The number of thioether (sulfide) groups is 1. The standard InChI is InChI=1S/C14H20N2O2S/c1-10-12(7-8-18-10)19-9-14(16,13(15)17)11-5-3-2-4-6-11/h2-6,10,12H,7-9,16H2,1H3,(H2,15,17). The van der Waals surface area contributed by atoms with Crippen LogP contribution in [0.2, 0.25) is 0 Å². The zero-order chi connectivity index (χ0) is 13.9. The predicted molar refractivity (Wildman–Crippen MR) is 77.8 cm³/mol. The van der Waals surface area contributed by atoms with Gasteiger partial charge in [-0.05, 0) is 18.9 Å². The Bertz CT molecular complexity index is 440. The molecule has 0 aliphatic carbocycles. The summed E-state index contributed by atoms with van der Waals surface area (Å²) in [6.45, 7) is 2.83. The molecule has 2 rings (SSSR count). The van der Waals surface area contributed by atoms with Gasteiger partial charge >= 0.3 is 0 Å². The van der Waals surface area contributed by atoms with E-state index in [2.05, 4.69) is 6.92 Å². The molecule has 1 heterocycles. The van der Waals surface area contributed by atoms with Crippen molar-refractivity contribution in [3.63, 3.8) is 0 Å². The first kappa shape index (κ1) is 14.4. The highest BCUT2D eigenvalue weighted by Crippen LogP contribution is 2.31.